The Kier molecular flexibility index (Phi) is 6.25. The summed E-state index contributed by atoms with van der Waals surface area (Å²) in [5.41, 5.74) is 1.21. The van der Waals surface area contributed by atoms with Crippen molar-refractivity contribution in [3.05, 3.63) is 95.6 Å². The van der Waals surface area contributed by atoms with Crippen LogP contribution in [0.5, 0.6) is 0 Å². The zero-order valence-electron chi connectivity index (χ0n) is 17.5. The molecule has 174 valence electrons. The number of halogens is 2. The van der Waals surface area contributed by atoms with Crippen molar-refractivity contribution in [2.75, 3.05) is 5.32 Å². The first-order valence-corrected chi connectivity index (χ1v) is 11.7. The molecule has 34 heavy (non-hydrogen) atoms. The van der Waals surface area contributed by atoms with Crippen molar-refractivity contribution in [2.24, 2.45) is 0 Å². The Balaban J connectivity index is 1.63. The Morgan fingerprint density at radius 2 is 1.35 bits per heavy atom. The molecule has 3 aromatic carbocycles. The van der Waals surface area contributed by atoms with Crippen LogP contribution in [0.4, 0.5) is 14.5 Å². The standard InChI is InChI=1S/C24H18F2N2O5S/c25-24(26)34(32,33)17-12-10-16(11-13-17)27-21(29)20(14-15-6-2-1-3-7-15)28-22(30)18-8-4-5-9-19(18)23(28)31/h1-13,20,24H,14H2,(H,27,29)/t20-/m1/s1. The lowest BCUT2D eigenvalue weighted by molar-refractivity contribution is -0.119. The molecule has 4 rings (SSSR count). The van der Waals surface area contributed by atoms with Gasteiger partial charge in [-0.15, -0.1) is 0 Å². The summed E-state index contributed by atoms with van der Waals surface area (Å²) >= 11 is 0. The highest BCUT2D eigenvalue weighted by molar-refractivity contribution is 7.91. The molecule has 1 heterocycles. The van der Waals surface area contributed by atoms with E-state index >= 15 is 0 Å². The van der Waals surface area contributed by atoms with Crippen LogP contribution in [0.15, 0.2) is 83.8 Å². The summed E-state index contributed by atoms with van der Waals surface area (Å²) in [5.74, 6) is -5.47. The summed E-state index contributed by atoms with van der Waals surface area (Å²) in [6.45, 7) is 0. The molecule has 1 aliphatic heterocycles. The molecule has 10 heteroatoms. The van der Waals surface area contributed by atoms with Crippen LogP contribution in [-0.2, 0) is 21.1 Å². The van der Waals surface area contributed by atoms with Crippen molar-refractivity contribution in [2.45, 2.75) is 23.1 Å². The second-order valence-corrected chi connectivity index (χ2v) is 9.47. The number of nitrogens with zero attached hydrogens (tertiary/aromatic N) is 1. The number of alkyl halides is 2. The summed E-state index contributed by atoms with van der Waals surface area (Å²) < 4.78 is 48.7. The SMILES string of the molecule is O=C(Nc1ccc(S(=O)(=O)C(F)F)cc1)[C@@H](Cc1ccccc1)N1C(=O)c2ccccc2C1=O. The molecule has 0 saturated heterocycles. The number of hydrogen-bond donors (Lipinski definition) is 1. The van der Waals surface area contributed by atoms with Crippen LogP contribution in [0.25, 0.3) is 0 Å². The number of amides is 3. The number of sulfone groups is 1. The van der Waals surface area contributed by atoms with E-state index in [2.05, 4.69) is 5.32 Å². The topological polar surface area (TPSA) is 101 Å². The van der Waals surface area contributed by atoms with Gasteiger partial charge < -0.3 is 5.32 Å². The van der Waals surface area contributed by atoms with Gasteiger partial charge in [0.1, 0.15) is 6.04 Å². The smallest absolute Gasteiger partial charge is 0.324 e. The zero-order valence-corrected chi connectivity index (χ0v) is 18.3. The van der Waals surface area contributed by atoms with E-state index in [1.165, 1.54) is 12.1 Å². The second kappa shape index (κ2) is 9.14. The number of benzene rings is 3. The maximum absolute atomic E-state index is 13.2. The van der Waals surface area contributed by atoms with E-state index in [0.717, 1.165) is 29.2 Å². The van der Waals surface area contributed by atoms with Crippen molar-refractivity contribution >= 4 is 33.2 Å². The average Bonchev–Trinajstić information content (AvgIpc) is 3.08. The van der Waals surface area contributed by atoms with Gasteiger partial charge in [0.05, 0.1) is 16.0 Å². The van der Waals surface area contributed by atoms with Crippen LogP contribution in [0.1, 0.15) is 26.3 Å². The molecular formula is C24H18F2N2O5S. The van der Waals surface area contributed by atoms with Gasteiger partial charge in [0.25, 0.3) is 11.8 Å². The molecule has 0 bridgehead atoms. The number of hydrogen-bond acceptors (Lipinski definition) is 5. The average molecular weight is 484 g/mol. The third-order valence-electron chi connectivity index (χ3n) is 5.40. The number of anilines is 1. The van der Waals surface area contributed by atoms with Gasteiger partial charge in [-0.2, -0.15) is 8.78 Å². The van der Waals surface area contributed by atoms with Gasteiger partial charge >= 0.3 is 5.76 Å². The molecule has 0 aromatic heterocycles. The summed E-state index contributed by atoms with van der Waals surface area (Å²) in [6, 6.07) is 18.1. The van der Waals surface area contributed by atoms with Gasteiger partial charge in [-0.05, 0) is 42.0 Å². The first-order valence-electron chi connectivity index (χ1n) is 10.1. The van der Waals surface area contributed by atoms with Gasteiger partial charge in [-0.3, -0.25) is 19.3 Å². The molecule has 3 amide bonds. The Bertz CT molecular complexity index is 1320. The number of rotatable bonds is 7. The van der Waals surface area contributed by atoms with E-state index in [9.17, 15) is 31.6 Å². The minimum Gasteiger partial charge on any atom is -0.324 e. The van der Waals surface area contributed by atoms with Crippen molar-refractivity contribution in [1.82, 2.24) is 4.90 Å². The lowest BCUT2D eigenvalue weighted by atomic mass is 10.0. The van der Waals surface area contributed by atoms with Gasteiger partial charge in [-0.25, -0.2) is 8.42 Å². The predicted molar refractivity (Wildman–Crippen MR) is 119 cm³/mol. The van der Waals surface area contributed by atoms with Crippen LogP contribution in [0.3, 0.4) is 0 Å². The molecule has 0 aliphatic carbocycles. The molecule has 1 aliphatic rings. The van der Waals surface area contributed by atoms with Crippen LogP contribution in [-0.4, -0.2) is 42.8 Å². The van der Waals surface area contributed by atoms with Gasteiger partial charge in [0.15, 0.2) is 0 Å². The lowest BCUT2D eigenvalue weighted by Crippen LogP contribution is -2.48. The fraction of sp³-hybridized carbons (Fsp3) is 0.125. The molecule has 1 N–H and O–H groups in total. The van der Waals surface area contributed by atoms with E-state index in [-0.39, 0.29) is 23.2 Å². The third kappa shape index (κ3) is 4.32. The molecule has 0 saturated carbocycles. The first kappa shape index (κ1) is 23.2. The maximum Gasteiger partial charge on any atom is 0.341 e. The van der Waals surface area contributed by atoms with Crippen molar-refractivity contribution in [3.8, 4) is 0 Å². The highest BCUT2D eigenvalue weighted by Gasteiger charge is 2.42. The summed E-state index contributed by atoms with van der Waals surface area (Å²) in [6.07, 6.45) is 0.0377. The number of nitrogens with one attached hydrogen (secondary N) is 1. The van der Waals surface area contributed by atoms with Crippen LogP contribution < -0.4 is 5.32 Å². The highest BCUT2D eigenvalue weighted by Crippen LogP contribution is 2.27. The fourth-order valence-corrected chi connectivity index (χ4v) is 4.41. The molecular weight excluding hydrogens is 466 g/mol. The molecule has 0 radical (unpaired) electrons. The Hall–Kier alpha value is -3.92. The molecule has 3 aromatic rings. The van der Waals surface area contributed by atoms with Gasteiger partial charge in [0, 0.05) is 12.1 Å². The van der Waals surface area contributed by atoms with Crippen molar-refractivity contribution in [1.29, 1.82) is 0 Å². The van der Waals surface area contributed by atoms with E-state index in [4.69, 9.17) is 0 Å². The number of fused-ring (bicyclic) bond motifs is 1. The Labute approximate surface area is 193 Å². The molecule has 0 fully saturated rings. The number of carbonyl (C=O) groups excluding carboxylic acids is 3. The number of imide groups is 1. The summed E-state index contributed by atoms with van der Waals surface area (Å²) in [4.78, 5) is 39.6. The van der Waals surface area contributed by atoms with Crippen LogP contribution in [0.2, 0.25) is 0 Å². The maximum atomic E-state index is 13.2. The van der Waals surface area contributed by atoms with Crippen LogP contribution in [0, 0.1) is 0 Å². The normalized spacial score (nSPS) is 14.3. The second-order valence-electron chi connectivity index (χ2n) is 7.55. The van der Waals surface area contributed by atoms with Gasteiger partial charge in [-0.1, -0.05) is 42.5 Å². The minimum absolute atomic E-state index is 0.0377. The highest BCUT2D eigenvalue weighted by atomic mass is 32.2. The Morgan fingerprint density at radius 3 is 1.88 bits per heavy atom. The van der Waals surface area contributed by atoms with Crippen molar-refractivity contribution in [3.63, 3.8) is 0 Å². The third-order valence-corrected chi connectivity index (χ3v) is 6.79. The molecule has 1 atom stereocenters. The zero-order chi connectivity index (χ0) is 24.5. The lowest BCUT2D eigenvalue weighted by Gasteiger charge is -2.25. The molecule has 0 spiro atoms. The fourth-order valence-electron chi connectivity index (χ4n) is 3.69. The largest absolute Gasteiger partial charge is 0.341 e. The van der Waals surface area contributed by atoms with E-state index in [1.54, 1.807) is 42.5 Å². The predicted octanol–water partition coefficient (Wildman–Crippen LogP) is 3.53. The van der Waals surface area contributed by atoms with Gasteiger partial charge in [0.2, 0.25) is 15.7 Å². The monoisotopic (exact) mass is 484 g/mol. The molecule has 7 nitrogen and oxygen atoms in total. The quantitative estimate of drug-likeness (QED) is 0.517. The molecule has 0 unspecified atom stereocenters. The minimum atomic E-state index is -4.78. The Morgan fingerprint density at radius 1 is 0.824 bits per heavy atom. The van der Waals surface area contributed by atoms with E-state index < -0.39 is 44.3 Å². The summed E-state index contributed by atoms with van der Waals surface area (Å²) in [5, 5.41) is 2.55. The van der Waals surface area contributed by atoms with E-state index in [0.29, 0.717) is 5.56 Å². The van der Waals surface area contributed by atoms with Crippen LogP contribution >= 0.6 is 0 Å². The first-order chi connectivity index (χ1) is 16.2. The number of carbonyl (C=O) groups is 3. The van der Waals surface area contributed by atoms with E-state index in [1.807, 2.05) is 0 Å². The van der Waals surface area contributed by atoms with Crippen molar-refractivity contribution < 1.29 is 31.6 Å². The summed E-state index contributed by atoms with van der Waals surface area (Å²) in [7, 11) is -4.78.